The lowest BCUT2D eigenvalue weighted by atomic mass is 10.0. The van der Waals surface area contributed by atoms with Crippen molar-refractivity contribution in [3.63, 3.8) is 0 Å². The molecule has 3 aromatic carbocycles. The van der Waals surface area contributed by atoms with Crippen LogP contribution in [-0.2, 0) is 0 Å². The van der Waals surface area contributed by atoms with Gasteiger partial charge >= 0.3 is 18.1 Å². The molecule has 12 unspecified atom stereocenters. The van der Waals surface area contributed by atoms with Crippen LogP contribution >= 0.6 is 203 Å². The number of carbonyl (C=O) groups excluding carboxylic acids is 9. The number of hydrogen-bond acceptors (Lipinski definition) is 33. The van der Waals surface area contributed by atoms with E-state index in [1.54, 1.807) is 88.9 Å². The molecule has 0 aliphatic carbocycles. The number of carbonyl (C=O) groups is 9. The second-order valence-electron chi connectivity index (χ2n) is 29.4. The number of aliphatic hydroxyl groups is 24. The third-order valence-corrected chi connectivity index (χ3v) is 28.1. The van der Waals surface area contributed by atoms with E-state index in [9.17, 15) is 166 Å². The minimum Gasteiger partial charge on any atom is -0.394 e. The molecule has 54 heteroatoms. The lowest BCUT2D eigenvalue weighted by Crippen LogP contribution is -2.46. The fraction of sp³-hybridized carbons (Fsp3) is 0.645. The Balaban J connectivity index is 0.000000975. The lowest BCUT2D eigenvalue weighted by molar-refractivity contribution is 0.0203. The van der Waals surface area contributed by atoms with Gasteiger partial charge in [0.1, 0.15) is 0 Å². The van der Waals surface area contributed by atoms with Crippen molar-refractivity contribution in [3.8, 4) is 0 Å². The van der Waals surface area contributed by atoms with Gasteiger partial charge in [0.2, 0.25) is 0 Å². The molecule has 12 amide bonds. The van der Waals surface area contributed by atoms with E-state index in [1.807, 2.05) is 156 Å². The summed E-state index contributed by atoms with van der Waals surface area (Å²) in [4.78, 5) is 135. The van der Waals surface area contributed by atoms with Gasteiger partial charge < -0.3 is 177 Å². The zero-order valence-corrected chi connectivity index (χ0v) is 91.3. The highest BCUT2D eigenvalue weighted by molar-refractivity contribution is 14.1. The van der Waals surface area contributed by atoms with Gasteiger partial charge in [0.25, 0.3) is 35.4 Å². The number of nitrogens with one attached hydrogen (secondary N) is 2. The molecule has 3 rings (SSSR count). The van der Waals surface area contributed by atoms with Gasteiger partial charge in [-0.3, -0.25) is 33.7 Å². The Hall–Kier alpha value is -2.10. The lowest BCUT2D eigenvalue weighted by Gasteiger charge is -2.32. The largest absolute Gasteiger partial charge is 0.394 e. The summed E-state index contributed by atoms with van der Waals surface area (Å²) in [6.45, 7) is -6.84. The Labute approximate surface area is 873 Å². The highest BCUT2D eigenvalue weighted by Crippen LogP contribution is 2.42. The molecule has 130 heavy (non-hydrogen) atoms. The van der Waals surface area contributed by atoms with Crippen LogP contribution < -0.4 is 15.5 Å². The van der Waals surface area contributed by atoms with Gasteiger partial charge in [0.05, 0.1) is 224 Å². The number of nitrogens with zero attached hydrogens (tertiary/aromatic N) is 10. The molecule has 3 aromatic rings. The molecule has 0 aromatic heterocycles. The third-order valence-electron chi connectivity index (χ3n) is 18.4. The maximum Gasteiger partial charge on any atom is 0.324 e. The van der Waals surface area contributed by atoms with Gasteiger partial charge in [-0.25, -0.2) is 14.4 Å². The predicted octanol–water partition coefficient (Wildman–Crippen LogP) is -3.96. The summed E-state index contributed by atoms with van der Waals surface area (Å²) in [7, 11) is 6.18. The average Bonchev–Trinajstić information content (AvgIpc) is 0.742. The molecule has 0 fully saturated rings. The maximum atomic E-state index is 14.1. The molecule has 0 spiro atoms. The summed E-state index contributed by atoms with van der Waals surface area (Å²) in [6.07, 6.45) is -14.8. The molecular weight excluding hydrogens is 2750 g/mol. The van der Waals surface area contributed by atoms with Crippen LogP contribution in [0.15, 0.2) is 0 Å². The van der Waals surface area contributed by atoms with E-state index in [2.05, 4.69) is 10.6 Å². The maximum absolute atomic E-state index is 14.1. The Bertz CT molecular complexity index is 3700. The number of halogens is 9. The topological polar surface area (TPSA) is 696 Å². The molecule has 0 aliphatic heterocycles. The molecule has 12 atom stereocenters. The summed E-state index contributed by atoms with van der Waals surface area (Å²) in [5.74, 6) is -4.76. The summed E-state index contributed by atoms with van der Waals surface area (Å²) >= 11 is 16.4. The minimum absolute atomic E-state index is 0.0802. The molecule has 0 saturated heterocycles. The molecule has 744 valence electrons. The normalized spacial score (nSPS) is 14.1. The molecule has 0 aliphatic rings. The Kier molecular flexibility index (Phi) is 62.3. The van der Waals surface area contributed by atoms with E-state index in [0.29, 0.717) is 38.9 Å². The summed E-state index contributed by atoms with van der Waals surface area (Å²) in [5, 5.41) is 240. The second-order valence-corrected chi connectivity index (χ2v) is 39.1. The summed E-state index contributed by atoms with van der Waals surface area (Å²) in [6, 6.07) is -1.53. The van der Waals surface area contributed by atoms with Crippen LogP contribution in [0.2, 0.25) is 0 Å². The van der Waals surface area contributed by atoms with Crippen LogP contribution in [0.3, 0.4) is 0 Å². The van der Waals surface area contributed by atoms with E-state index in [-0.39, 0.29) is 82.6 Å². The van der Waals surface area contributed by atoms with Crippen molar-refractivity contribution in [1.82, 2.24) is 44.1 Å². The van der Waals surface area contributed by atoms with Crippen molar-refractivity contribution < 1.29 is 166 Å². The Morgan fingerprint density at radius 2 is 0.392 bits per heavy atom. The second kappa shape index (κ2) is 64.3. The van der Waals surface area contributed by atoms with E-state index in [0.717, 1.165) is 29.4 Å². The molecule has 45 nitrogen and oxygen atoms in total. The molecule has 0 heterocycles. The summed E-state index contributed by atoms with van der Waals surface area (Å²) in [5.41, 5.74) is -0.181. The van der Waals surface area contributed by atoms with Crippen molar-refractivity contribution in [2.45, 2.75) is 113 Å². The number of hydrogen-bond donors (Lipinski definition) is 26. The fourth-order valence-electron chi connectivity index (χ4n) is 11.8. The van der Waals surface area contributed by atoms with Crippen molar-refractivity contribution >= 4 is 274 Å². The first-order chi connectivity index (χ1) is 61.0. The molecular formula is C76H119I9N12O33. The van der Waals surface area contributed by atoms with Crippen LogP contribution in [0.4, 0.5) is 31.4 Å². The van der Waals surface area contributed by atoms with Gasteiger partial charge in [-0.2, -0.15) is 0 Å². The highest BCUT2D eigenvalue weighted by atomic mass is 127. The number of urea groups is 3. The van der Waals surface area contributed by atoms with Gasteiger partial charge in [0.15, 0.2) is 0 Å². The van der Waals surface area contributed by atoms with Crippen molar-refractivity contribution in [2.75, 3.05) is 221 Å². The van der Waals surface area contributed by atoms with Crippen LogP contribution in [0.5, 0.6) is 0 Å². The van der Waals surface area contributed by atoms with Crippen molar-refractivity contribution in [1.29, 1.82) is 0 Å². The average molecular weight is 2870 g/mol. The van der Waals surface area contributed by atoms with Crippen LogP contribution in [0.1, 0.15) is 102 Å². The highest BCUT2D eigenvalue weighted by Gasteiger charge is 2.41. The van der Waals surface area contributed by atoms with Gasteiger partial charge in [0, 0.05) is 137 Å². The first-order valence-electron chi connectivity index (χ1n) is 39.8. The smallest absolute Gasteiger partial charge is 0.324 e. The zero-order valence-electron chi connectivity index (χ0n) is 71.9. The molecule has 0 saturated carbocycles. The molecule has 0 radical (unpaired) electrons. The van der Waals surface area contributed by atoms with Gasteiger partial charge in [-0.05, 0) is 223 Å². The van der Waals surface area contributed by atoms with Crippen molar-refractivity contribution in [2.24, 2.45) is 0 Å². The Morgan fingerprint density at radius 1 is 0.246 bits per heavy atom. The number of aliphatic hydroxyl groups excluding tert-OH is 24. The van der Waals surface area contributed by atoms with Gasteiger partial charge in [-0.15, -0.1) is 0 Å². The monoisotopic (exact) mass is 2870 g/mol. The SMILES string of the molecule is CCCN(C)C(=O)N(C)c1c(I)c(C(=O)N(CC(O)CO)CC(O)CO)c(I)c(C(=O)N(CC(O)CO)CC(O)CO)c1I.CCCN(C)C(=O)Nc1c(I)c(C(=O)N(CC(O)CO)CC(O)CO)c(I)c(C(=O)N(CC(O)CO)CC(O)CO)c1I.CCCN(C)C(=O)Nc1c(I)c(C(=O)N(CC(O)CO)CC(O)CO)c(I)c(C(=O)N(CC(O)CO)CC(O)CO)c1I. The van der Waals surface area contributed by atoms with Gasteiger partial charge in [-0.1, -0.05) is 20.8 Å². The predicted molar refractivity (Wildman–Crippen MR) is 547 cm³/mol. The standard InChI is InChI=1S/C26H41I3N4O11.2C25H39I3N4O11/c1-4-5-30(2)26(44)31(3)23-21(28)18(24(42)32(6-14(38)10-34)7-15(39)11-35)20(27)19(22(23)29)25(43)33(8-16(40)12-36)9-17(41)13-37;2*1-3-4-30(2)25(43)29-22-20(27)17(23(41)31(5-13(37)9-33)6-14(38)10-34)19(26)18(21(22)28)24(42)32(7-15(39)11-35)8-16(40)12-36/h14-17,34-41H,4-13H2,1-3H3;2*13-16,33-40H,3-12H2,1-2H3,(H,29,43). The van der Waals surface area contributed by atoms with E-state index >= 15 is 0 Å². The van der Waals surface area contributed by atoms with Crippen LogP contribution in [0, 0.1) is 32.1 Å². The number of anilines is 3. The van der Waals surface area contributed by atoms with E-state index in [4.69, 9.17) is 0 Å². The first kappa shape index (κ1) is 126. The van der Waals surface area contributed by atoms with Crippen LogP contribution in [-0.4, -0.2) is 499 Å². The number of rotatable bonds is 51. The summed E-state index contributed by atoms with van der Waals surface area (Å²) < 4.78 is 1.63. The van der Waals surface area contributed by atoms with E-state index in [1.165, 1.54) is 26.6 Å². The molecule has 0 bridgehead atoms. The van der Waals surface area contributed by atoms with Crippen molar-refractivity contribution in [3.05, 3.63) is 65.5 Å². The minimum atomic E-state index is -1.40. The number of amides is 12. The molecule has 26 N–H and O–H groups in total. The number of benzene rings is 3. The van der Waals surface area contributed by atoms with E-state index < -0.39 is 285 Å². The fourth-order valence-corrected chi connectivity index (χ4v) is 25.3. The first-order valence-corrected chi connectivity index (χ1v) is 49.6. The quantitative estimate of drug-likeness (QED) is 0.0240. The zero-order chi connectivity index (χ0) is 99.9. The third kappa shape index (κ3) is 38.1. The Morgan fingerprint density at radius 3 is 0.538 bits per heavy atom. The van der Waals surface area contributed by atoms with Crippen LogP contribution in [0.25, 0.3) is 0 Å².